The van der Waals surface area contributed by atoms with E-state index in [1.807, 2.05) is 13.0 Å². The summed E-state index contributed by atoms with van der Waals surface area (Å²) in [5.41, 5.74) is 1.59. The molecule has 1 nitrogen and oxygen atoms in total. The average Bonchev–Trinajstić information content (AvgIpc) is 2.63. The lowest BCUT2D eigenvalue weighted by Crippen LogP contribution is -2.06. The van der Waals surface area contributed by atoms with Crippen LogP contribution in [0.1, 0.15) is 18.5 Å². The predicted octanol–water partition coefficient (Wildman–Crippen LogP) is 6.13. The molecule has 0 aliphatic heterocycles. The van der Waals surface area contributed by atoms with E-state index in [2.05, 4.69) is 21.2 Å². The van der Waals surface area contributed by atoms with Gasteiger partial charge in [0.2, 0.25) is 0 Å². The number of hydrogen-bond acceptors (Lipinski definition) is 2. The first-order valence-corrected chi connectivity index (χ1v) is 7.50. The van der Waals surface area contributed by atoms with E-state index < -0.39 is 0 Å². The zero-order valence-corrected chi connectivity index (χ0v) is 13.2. The molecule has 96 valence electrons. The van der Waals surface area contributed by atoms with Crippen molar-refractivity contribution in [3.05, 3.63) is 48.8 Å². The number of anilines is 1. The van der Waals surface area contributed by atoms with Gasteiger partial charge in [0, 0.05) is 10.0 Å². The Kier molecular flexibility index (Phi) is 4.54. The van der Waals surface area contributed by atoms with Crippen LogP contribution in [0, 0.1) is 5.82 Å². The van der Waals surface area contributed by atoms with Crippen molar-refractivity contribution in [1.82, 2.24) is 0 Å². The fourth-order valence-corrected chi connectivity index (χ4v) is 3.57. The summed E-state index contributed by atoms with van der Waals surface area (Å²) in [4.78, 5) is 0. The molecule has 1 unspecified atom stereocenters. The third-order valence-corrected chi connectivity index (χ3v) is 4.66. The van der Waals surface area contributed by atoms with Gasteiger partial charge in [0.1, 0.15) is 5.82 Å². The third-order valence-electron chi connectivity index (χ3n) is 2.45. The molecule has 18 heavy (non-hydrogen) atoms. The second-order valence-electron chi connectivity index (χ2n) is 3.77. The topological polar surface area (TPSA) is 12.0 Å². The molecule has 2 rings (SSSR count). The predicted molar refractivity (Wildman–Crippen MR) is 80.5 cm³/mol. The largest absolute Gasteiger partial charge is 0.377 e. The molecule has 1 aromatic carbocycles. The van der Waals surface area contributed by atoms with E-state index in [1.54, 1.807) is 6.07 Å². The van der Waals surface area contributed by atoms with Gasteiger partial charge < -0.3 is 5.32 Å². The molecule has 0 radical (unpaired) electrons. The van der Waals surface area contributed by atoms with E-state index in [4.69, 9.17) is 23.2 Å². The molecular weight excluding hydrogens is 360 g/mol. The lowest BCUT2D eigenvalue weighted by atomic mass is 10.1. The Bertz CT molecular complexity index is 573. The summed E-state index contributed by atoms with van der Waals surface area (Å²) in [5, 5.41) is 3.20. The highest BCUT2D eigenvalue weighted by atomic mass is 79.9. The van der Waals surface area contributed by atoms with Gasteiger partial charge in [0.05, 0.1) is 20.4 Å². The standard InChI is InChI=1S/C12H9BrCl2FNS/c1-6(8-5-11(14)18-12(8)15)17-10-4-7(16)2-3-9(10)13/h2-6,17H,1H3. The highest BCUT2D eigenvalue weighted by Gasteiger charge is 2.14. The first kappa shape index (κ1) is 14.1. The van der Waals surface area contributed by atoms with Crippen LogP contribution in [0.25, 0.3) is 0 Å². The Morgan fingerprint density at radius 3 is 2.67 bits per heavy atom. The van der Waals surface area contributed by atoms with E-state index in [1.165, 1.54) is 23.5 Å². The van der Waals surface area contributed by atoms with Crippen LogP contribution in [0.3, 0.4) is 0 Å². The molecule has 1 N–H and O–H groups in total. The summed E-state index contributed by atoms with van der Waals surface area (Å²) in [6, 6.07) is 6.25. The summed E-state index contributed by atoms with van der Waals surface area (Å²) in [6.45, 7) is 1.95. The van der Waals surface area contributed by atoms with Gasteiger partial charge in [-0.15, -0.1) is 11.3 Å². The van der Waals surface area contributed by atoms with Crippen LogP contribution in [0.4, 0.5) is 10.1 Å². The minimum atomic E-state index is -0.289. The van der Waals surface area contributed by atoms with Crippen LogP contribution >= 0.6 is 50.5 Å². The van der Waals surface area contributed by atoms with Crippen LogP contribution in [0.2, 0.25) is 8.67 Å². The zero-order valence-electron chi connectivity index (χ0n) is 9.31. The van der Waals surface area contributed by atoms with Crippen LogP contribution < -0.4 is 5.32 Å². The summed E-state index contributed by atoms with van der Waals surface area (Å²) in [6.07, 6.45) is 0. The Morgan fingerprint density at radius 2 is 2.06 bits per heavy atom. The number of hydrogen-bond donors (Lipinski definition) is 1. The molecule has 0 spiro atoms. The monoisotopic (exact) mass is 367 g/mol. The van der Waals surface area contributed by atoms with Crippen molar-refractivity contribution < 1.29 is 4.39 Å². The van der Waals surface area contributed by atoms with Crippen molar-refractivity contribution >= 4 is 56.2 Å². The maximum Gasteiger partial charge on any atom is 0.125 e. The molecular formula is C12H9BrCl2FNS. The fraction of sp³-hybridized carbons (Fsp3) is 0.167. The molecule has 0 saturated carbocycles. The van der Waals surface area contributed by atoms with Gasteiger partial charge >= 0.3 is 0 Å². The van der Waals surface area contributed by atoms with E-state index in [9.17, 15) is 4.39 Å². The number of nitrogens with one attached hydrogen (secondary N) is 1. The molecule has 0 saturated heterocycles. The number of rotatable bonds is 3. The van der Waals surface area contributed by atoms with Crippen molar-refractivity contribution in [2.24, 2.45) is 0 Å². The van der Waals surface area contributed by atoms with Crippen molar-refractivity contribution in [3.8, 4) is 0 Å². The van der Waals surface area contributed by atoms with Crippen LogP contribution in [0.5, 0.6) is 0 Å². The lowest BCUT2D eigenvalue weighted by molar-refractivity contribution is 0.627. The average molecular weight is 369 g/mol. The molecule has 0 aliphatic carbocycles. The molecule has 0 aliphatic rings. The second kappa shape index (κ2) is 5.78. The highest BCUT2D eigenvalue weighted by Crippen LogP contribution is 2.37. The first-order valence-electron chi connectivity index (χ1n) is 5.13. The number of thiophene rings is 1. The smallest absolute Gasteiger partial charge is 0.125 e. The molecule has 0 fully saturated rings. The summed E-state index contributed by atoms with van der Waals surface area (Å²) >= 11 is 16.7. The van der Waals surface area contributed by atoms with E-state index in [0.717, 1.165) is 10.0 Å². The Hall–Kier alpha value is -0.290. The molecule has 1 atom stereocenters. The van der Waals surface area contributed by atoms with Gasteiger partial charge in [-0.25, -0.2) is 4.39 Å². The fourth-order valence-electron chi connectivity index (χ4n) is 1.57. The molecule has 0 bridgehead atoms. The Labute approximate surface area is 127 Å². The van der Waals surface area contributed by atoms with Gasteiger partial charge in [0.15, 0.2) is 0 Å². The summed E-state index contributed by atoms with van der Waals surface area (Å²) < 4.78 is 15.3. The second-order valence-corrected chi connectivity index (χ2v) is 6.91. The van der Waals surface area contributed by atoms with Crippen LogP contribution in [0.15, 0.2) is 28.7 Å². The van der Waals surface area contributed by atoms with E-state index in [-0.39, 0.29) is 11.9 Å². The van der Waals surface area contributed by atoms with Gasteiger partial charge in [-0.05, 0) is 47.1 Å². The first-order chi connectivity index (χ1) is 8.47. The normalized spacial score (nSPS) is 12.5. The number of benzene rings is 1. The third kappa shape index (κ3) is 3.18. The summed E-state index contributed by atoms with van der Waals surface area (Å²) in [7, 11) is 0. The maximum absolute atomic E-state index is 13.2. The van der Waals surface area contributed by atoms with Crippen molar-refractivity contribution in [2.75, 3.05) is 5.32 Å². The van der Waals surface area contributed by atoms with Gasteiger partial charge in [-0.1, -0.05) is 23.2 Å². The maximum atomic E-state index is 13.2. The van der Waals surface area contributed by atoms with Crippen LogP contribution in [-0.2, 0) is 0 Å². The molecule has 6 heteroatoms. The van der Waals surface area contributed by atoms with Gasteiger partial charge in [0.25, 0.3) is 0 Å². The minimum Gasteiger partial charge on any atom is -0.377 e. The SMILES string of the molecule is CC(Nc1cc(F)ccc1Br)c1cc(Cl)sc1Cl. The minimum absolute atomic E-state index is 0.0562. The van der Waals surface area contributed by atoms with Crippen molar-refractivity contribution in [3.63, 3.8) is 0 Å². The molecule has 1 heterocycles. The van der Waals surface area contributed by atoms with E-state index >= 15 is 0 Å². The highest BCUT2D eigenvalue weighted by molar-refractivity contribution is 9.10. The summed E-state index contributed by atoms with van der Waals surface area (Å²) in [5.74, 6) is -0.289. The Balaban J connectivity index is 2.23. The number of halogens is 4. The van der Waals surface area contributed by atoms with Gasteiger partial charge in [-0.2, -0.15) is 0 Å². The van der Waals surface area contributed by atoms with Crippen molar-refractivity contribution in [1.29, 1.82) is 0 Å². The molecule has 0 amide bonds. The van der Waals surface area contributed by atoms with Gasteiger partial charge in [-0.3, -0.25) is 0 Å². The quantitative estimate of drug-likeness (QED) is 0.687. The Morgan fingerprint density at radius 1 is 1.33 bits per heavy atom. The van der Waals surface area contributed by atoms with Crippen molar-refractivity contribution in [2.45, 2.75) is 13.0 Å². The molecule has 1 aromatic heterocycles. The van der Waals surface area contributed by atoms with Crippen LogP contribution in [-0.4, -0.2) is 0 Å². The molecule has 2 aromatic rings. The van der Waals surface area contributed by atoms with E-state index in [0.29, 0.717) is 14.4 Å². The lowest BCUT2D eigenvalue weighted by Gasteiger charge is -2.16. The zero-order chi connectivity index (χ0) is 13.3.